The zero-order valence-corrected chi connectivity index (χ0v) is 13.8. The number of benzene rings is 2. The topological polar surface area (TPSA) is 24.8 Å². The van der Waals surface area contributed by atoms with E-state index in [-0.39, 0.29) is 12.1 Å². The molecule has 1 unspecified atom stereocenters. The van der Waals surface area contributed by atoms with Crippen LogP contribution in [0.25, 0.3) is 0 Å². The van der Waals surface area contributed by atoms with E-state index in [0.717, 1.165) is 16.9 Å². The van der Waals surface area contributed by atoms with Crippen molar-refractivity contribution in [3.8, 4) is 18.1 Å². The van der Waals surface area contributed by atoms with Gasteiger partial charge in [-0.25, -0.2) is 0 Å². The molecule has 0 N–H and O–H groups in total. The first kappa shape index (κ1) is 16.6. The summed E-state index contributed by atoms with van der Waals surface area (Å²) < 4.78 is 5.20. The Labute approximate surface area is 138 Å². The van der Waals surface area contributed by atoms with Crippen LogP contribution in [0, 0.1) is 12.3 Å². The Balaban J connectivity index is 2.26. The Morgan fingerprint density at radius 2 is 1.74 bits per heavy atom. The molecule has 2 aromatic rings. The van der Waals surface area contributed by atoms with Crippen LogP contribution in [0.2, 0.25) is 0 Å². The van der Waals surface area contributed by atoms with Crippen LogP contribution in [-0.2, 0) is 0 Å². The van der Waals surface area contributed by atoms with E-state index in [0.29, 0.717) is 0 Å². The van der Waals surface area contributed by atoms with Crippen molar-refractivity contribution in [1.29, 1.82) is 0 Å². The minimum absolute atomic E-state index is 0.179. The summed E-state index contributed by atoms with van der Waals surface area (Å²) >= 11 is 0. The third kappa shape index (κ3) is 4.37. The van der Waals surface area contributed by atoms with E-state index in [2.05, 4.69) is 24.9 Å². The Hall–Kier alpha value is -2.73. The van der Waals surface area contributed by atoms with Crippen molar-refractivity contribution in [3.63, 3.8) is 0 Å². The number of nitrogens with zero attached hydrogens (tertiary/aromatic N) is 2. The summed E-state index contributed by atoms with van der Waals surface area (Å²) in [5.74, 6) is 3.66. The molecule has 0 aliphatic rings. The Bertz CT molecular complexity index is 669. The van der Waals surface area contributed by atoms with Gasteiger partial charge in [-0.15, -0.1) is 6.42 Å². The van der Waals surface area contributed by atoms with Gasteiger partial charge >= 0.3 is 0 Å². The second-order valence-corrected chi connectivity index (χ2v) is 5.47. The first-order chi connectivity index (χ1) is 11.2. The molecule has 0 aliphatic heterocycles. The predicted octanol–water partition coefficient (Wildman–Crippen LogP) is 4.11. The molecule has 23 heavy (non-hydrogen) atoms. The third-order valence-corrected chi connectivity index (χ3v) is 3.52. The lowest BCUT2D eigenvalue weighted by molar-refractivity contribution is 0.198. The van der Waals surface area contributed by atoms with Gasteiger partial charge in [-0.05, 0) is 37.1 Å². The Morgan fingerprint density at radius 3 is 2.26 bits per heavy atom. The normalized spacial score (nSPS) is 12.1. The second kappa shape index (κ2) is 8.05. The van der Waals surface area contributed by atoms with Crippen LogP contribution in [0.3, 0.4) is 0 Å². The molecule has 0 bridgehead atoms. The minimum atomic E-state index is -0.221. The standard InChI is InChI=1S/C20H22N2O/c1-5-20(18-11-13-19(23-4)14-12-18)22(16(2)3)21-15-17-9-7-6-8-10-17/h1,6-16,20H,2-4H3/b21-15+. The molecule has 2 aromatic carbocycles. The predicted molar refractivity (Wildman–Crippen MR) is 95.6 cm³/mol. The first-order valence-electron chi connectivity index (χ1n) is 7.63. The maximum absolute atomic E-state index is 5.79. The van der Waals surface area contributed by atoms with E-state index in [1.807, 2.05) is 65.8 Å². The number of rotatable bonds is 6. The summed E-state index contributed by atoms with van der Waals surface area (Å²) in [6.07, 6.45) is 7.63. The highest BCUT2D eigenvalue weighted by Crippen LogP contribution is 2.24. The molecule has 0 saturated heterocycles. The fraction of sp³-hybridized carbons (Fsp3) is 0.250. The van der Waals surface area contributed by atoms with Crippen LogP contribution in [0.5, 0.6) is 5.75 Å². The maximum Gasteiger partial charge on any atom is 0.132 e. The number of hydrogen-bond acceptors (Lipinski definition) is 3. The largest absolute Gasteiger partial charge is 0.497 e. The van der Waals surface area contributed by atoms with E-state index in [1.165, 1.54) is 0 Å². The monoisotopic (exact) mass is 306 g/mol. The molecule has 118 valence electrons. The van der Waals surface area contributed by atoms with Crippen molar-refractivity contribution in [2.75, 3.05) is 7.11 Å². The lowest BCUT2D eigenvalue weighted by Gasteiger charge is -2.29. The molecular weight excluding hydrogens is 284 g/mol. The molecule has 3 heteroatoms. The highest BCUT2D eigenvalue weighted by Gasteiger charge is 2.19. The van der Waals surface area contributed by atoms with Gasteiger partial charge in [0.1, 0.15) is 11.8 Å². The average molecular weight is 306 g/mol. The van der Waals surface area contributed by atoms with Gasteiger partial charge < -0.3 is 4.74 Å². The van der Waals surface area contributed by atoms with Crippen molar-refractivity contribution >= 4 is 6.21 Å². The highest BCUT2D eigenvalue weighted by molar-refractivity contribution is 5.79. The second-order valence-electron chi connectivity index (χ2n) is 5.47. The molecule has 0 heterocycles. The van der Waals surface area contributed by atoms with E-state index in [9.17, 15) is 0 Å². The number of ether oxygens (including phenoxy) is 1. The van der Waals surface area contributed by atoms with Crippen LogP contribution in [0.4, 0.5) is 0 Å². The number of methoxy groups -OCH3 is 1. The molecule has 0 aromatic heterocycles. The molecule has 3 nitrogen and oxygen atoms in total. The van der Waals surface area contributed by atoms with E-state index in [4.69, 9.17) is 11.2 Å². The molecule has 0 radical (unpaired) electrons. The smallest absolute Gasteiger partial charge is 0.132 e. The van der Waals surface area contributed by atoms with Crippen LogP contribution >= 0.6 is 0 Å². The summed E-state index contributed by atoms with van der Waals surface area (Å²) in [6, 6.07) is 17.7. The van der Waals surface area contributed by atoms with Crippen molar-refractivity contribution in [1.82, 2.24) is 5.01 Å². The molecule has 1 atom stereocenters. The van der Waals surface area contributed by atoms with Crippen LogP contribution in [0.1, 0.15) is 31.0 Å². The van der Waals surface area contributed by atoms with E-state index >= 15 is 0 Å². The van der Waals surface area contributed by atoms with Crippen molar-refractivity contribution in [2.45, 2.75) is 25.9 Å². The van der Waals surface area contributed by atoms with Crippen LogP contribution < -0.4 is 4.74 Å². The van der Waals surface area contributed by atoms with Gasteiger partial charge in [0.2, 0.25) is 0 Å². The molecule has 0 fully saturated rings. The zero-order valence-electron chi connectivity index (χ0n) is 13.8. The zero-order chi connectivity index (χ0) is 16.7. The highest BCUT2D eigenvalue weighted by atomic mass is 16.5. The molecular formula is C20H22N2O. The Kier molecular flexibility index (Phi) is 5.82. The first-order valence-corrected chi connectivity index (χ1v) is 7.63. The average Bonchev–Trinajstić information content (AvgIpc) is 2.59. The van der Waals surface area contributed by atoms with Gasteiger partial charge in [0, 0.05) is 6.04 Å². The fourth-order valence-corrected chi connectivity index (χ4v) is 2.28. The fourth-order valence-electron chi connectivity index (χ4n) is 2.28. The molecule has 0 aliphatic carbocycles. The SMILES string of the molecule is C#CC(c1ccc(OC)cc1)N(/N=C/c1ccccc1)C(C)C. The van der Waals surface area contributed by atoms with Gasteiger partial charge in [0.05, 0.1) is 13.3 Å². The van der Waals surface area contributed by atoms with Crippen LogP contribution in [0.15, 0.2) is 59.7 Å². The molecule has 2 rings (SSSR count). The lowest BCUT2D eigenvalue weighted by Crippen LogP contribution is -2.29. The Morgan fingerprint density at radius 1 is 1.09 bits per heavy atom. The maximum atomic E-state index is 5.79. The summed E-state index contributed by atoms with van der Waals surface area (Å²) in [7, 11) is 1.65. The summed E-state index contributed by atoms with van der Waals surface area (Å²) in [5.41, 5.74) is 2.07. The number of terminal acetylenes is 1. The molecule has 0 amide bonds. The quantitative estimate of drug-likeness (QED) is 0.456. The summed E-state index contributed by atoms with van der Waals surface area (Å²) in [4.78, 5) is 0. The lowest BCUT2D eigenvalue weighted by atomic mass is 10.1. The number of hydrogen-bond donors (Lipinski definition) is 0. The summed E-state index contributed by atoms with van der Waals surface area (Å²) in [5, 5.41) is 6.56. The van der Waals surface area contributed by atoms with Crippen molar-refractivity contribution in [2.24, 2.45) is 5.10 Å². The van der Waals surface area contributed by atoms with Crippen molar-refractivity contribution in [3.05, 3.63) is 65.7 Å². The minimum Gasteiger partial charge on any atom is -0.497 e. The van der Waals surface area contributed by atoms with Gasteiger partial charge in [-0.2, -0.15) is 5.10 Å². The third-order valence-electron chi connectivity index (χ3n) is 3.52. The van der Waals surface area contributed by atoms with Crippen LogP contribution in [-0.4, -0.2) is 24.4 Å². The molecule has 0 saturated carbocycles. The van der Waals surface area contributed by atoms with Gasteiger partial charge in [-0.3, -0.25) is 5.01 Å². The van der Waals surface area contributed by atoms with Crippen molar-refractivity contribution < 1.29 is 4.74 Å². The number of hydrazone groups is 1. The molecule has 0 spiro atoms. The van der Waals surface area contributed by atoms with E-state index in [1.54, 1.807) is 7.11 Å². The van der Waals surface area contributed by atoms with Gasteiger partial charge in [0.25, 0.3) is 0 Å². The van der Waals surface area contributed by atoms with Gasteiger partial charge in [-0.1, -0.05) is 48.4 Å². The summed E-state index contributed by atoms with van der Waals surface area (Å²) in [6.45, 7) is 4.16. The van der Waals surface area contributed by atoms with Gasteiger partial charge in [0.15, 0.2) is 0 Å². The van der Waals surface area contributed by atoms with E-state index < -0.39 is 0 Å².